The Morgan fingerprint density at radius 1 is 0.939 bits per heavy atom. The maximum Gasteiger partial charge on any atom is 0.247 e. The van der Waals surface area contributed by atoms with Crippen molar-refractivity contribution in [2.45, 2.75) is 43.7 Å². The van der Waals surface area contributed by atoms with E-state index in [1.165, 1.54) is 0 Å². The minimum Gasteiger partial charge on any atom is -0.454 e. The van der Waals surface area contributed by atoms with Crippen LogP contribution in [0.15, 0.2) is 42.5 Å². The number of amides is 1. The van der Waals surface area contributed by atoms with E-state index < -0.39 is 5.60 Å². The molecule has 1 aliphatic carbocycles. The molecule has 33 heavy (non-hydrogen) atoms. The number of nitrogens with zero attached hydrogens (tertiary/aromatic N) is 1. The van der Waals surface area contributed by atoms with Gasteiger partial charge in [0.05, 0.1) is 11.6 Å². The van der Waals surface area contributed by atoms with Crippen molar-refractivity contribution in [3.63, 3.8) is 0 Å². The third-order valence-electron chi connectivity index (χ3n) is 7.40. The first-order valence-corrected chi connectivity index (χ1v) is 11.6. The van der Waals surface area contributed by atoms with Gasteiger partial charge in [0, 0.05) is 18.5 Å². The zero-order valence-corrected chi connectivity index (χ0v) is 18.4. The Morgan fingerprint density at radius 3 is 2.48 bits per heavy atom. The van der Waals surface area contributed by atoms with Crippen molar-refractivity contribution < 1.29 is 28.8 Å². The van der Waals surface area contributed by atoms with E-state index in [4.69, 9.17) is 18.9 Å². The lowest BCUT2D eigenvalue weighted by molar-refractivity contribution is -0.150. The number of carbonyl (C=O) groups is 1. The average molecular weight is 450 g/mol. The van der Waals surface area contributed by atoms with Crippen LogP contribution in [-0.4, -0.2) is 41.6 Å². The van der Waals surface area contributed by atoms with Crippen LogP contribution in [0.5, 0.6) is 23.0 Å². The van der Waals surface area contributed by atoms with Crippen molar-refractivity contribution >= 4 is 12.0 Å². The van der Waals surface area contributed by atoms with Gasteiger partial charge < -0.3 is 29.0 Å². The third kappa shape index (κ3) is 3.60. The van der Waals surface area contributed by atoms with Crippen LogP contribution in [0, 0.1) is 5.92 Å². The zero-order valence-electron chi connectivity index (χ0n) is 18.4. The van der Waals surface area contributed by atoms with Crippen LogP contribution in [0.2, 0.25) is 0 Å². The predicted molar refractivity (Wildman–Crippen MR) is 120 cm³/mol. The summed E-state index contributed by atoms with van der Waals surface area (Å²) in [6.07, 6.45) is 7.79. The molecule has 0 radical (unpaired) electrons. The first-order chi connectivity index (χ1) is 16.1. The number of ether oxygens (including phenoxy) is 4. The van der Waals surface area contributed by atoms with Crippen molar-refractivity contribution in [1.29, 1.82) is 0 Å². The molecule has 0 aromatic heterocycles. The molecule has 2 aromatic carbocycles. The van der Waals surface area contributed by atoms with Crippen LogP contribution in [0.25, 0.3) is 6.08 Å². The van der Waals surface area contributed by atoms with Crippen LogP contribution in [0.4, 0.5) is 0 Å². The summed E-state index contributed by atoms with van der Waals surface area (Å²) in [4.78, 5) is 15.4. The summed E-state index contributed by atoms with van der Waals surface area (Å²) in [5.74, 6) is 2.74. The van der Waals surface area contributed by atoms with Gasteiger partial charge in [0.25, 0.3) is 0 Å². The Labute approximate surface area is 192 Å². The molecule has 172 valence electrons. The molecule has 1 N–H and O–H groups in total. The SMILES string of the molecule is O=C(C=Cc1ccc2c(c1)OCO2)N1CCC2(O)CCCCC2C1c1ccc2c(c1)OCO2. The Bertz CT molecular complexity index is 1110. The van der Waals surface area contributed by atoms with Gasteiger partial charge in [0.2, 0.25) is 19.5 Å². The second-order valence-electron chi connectivity index (χ2n) is 9.24. The topological polar surface area (TPSA) is 77.5 Å². The summed E-state index contributed by atoms with van der Waals surface area (Å²) < 4.78 is 21.9. The van der Waals surface area contributed by atoms with Gasteiger partial charge in [0.15, 0.2) is 23.0 Å². The molecule has 0 spiro atoms. The molecule has 3 atom stereocenters. The van der Waals surface area contributed by atoms with Crippen LogP contribution in [0.3, 0.4) is 0 Å². The van der Waals surface area contributed by atoms with Gasteiger partial charge in [-0.05, 0) is 60.7 Å². The van der Waals surface area contributed by atoms with Crippen LogP contribution in [-0.2, 0) is 4.79 Å². The largest absolute Gasteiger partial charge is 0.454 e. The quantitative estimate of drug-likeness (QED) is 0.713. The van der Waals surface area contributed by atoms with Crippen molar-refractivity contribution in [1.82, 2.24) is 4.90 Å². The maximum absolute atomic E-state index is 13.4. The predicted octanol–water partition coefficient (Wildman–Crippen LogP) is 4.05. The van der Waals surface area contributed by atoms with Gasteiger partial charge in [-0.3, -0.25) is 4.79 Å². The number of hydrogen-bond acceptors (Lipinski definition) is 6. The van der Waals surface area contributed by atoms with Crippen LogP contribution >= 0.6 is 0 Å². The second kappa shape index (κ2) is 7.99. The Balaban J connectivity index is 1.31. The fraction of sp³-hybridized carbons (Fsp3) is 0.423. The highest BCUT2D eigenvalue weighted by atomic mass is 16.7. The molecule has 3 aliphatic heterocycles. The van der Waals surface area contributed by atoms with E-state index in [2.05, 4.69) is 0 Å². The molecule has 2 fully saturated rings. The summed E-state index contributed by atoms with van der Waals surface area (Å²) in [6, 6.07) is 11.3. The molecule has 1 saturated heterocycles. The van der Waals surface area contributed by atoms with Crippen molar-refractivity contribution in [2.75, 3.05) is 20.1 Å². The minimum absolute atomic E-state index is 0.0109. The molecule has 0 bridgehead atoms. The molecule has 7 nitrogen and oxygen atoms in total. The molecular formula is C26H27NO6. The molecular weight excluding hydrogens is 422 g/mol. The normalized spacial score (nSPS) is 27.6. The first-order valence-electron chi connectivity index (χ1n) is 11.6. The van der Waals surface area contributed by atoms with E-state index in [9.17, 15) is 9.90 Å². The highest BCUT2D eigenvalue weighted by molar-refractivity contribution is 5.92. The van der Waals surface area contributed by atoms with Gasteiger partial charge >= 0.3 is 0 Å². The van der Waals surface area contributed by atoms with Crippen molar-refractivity contribution in [3.8, 4) is 23.0 Å². The molecule has 1 saturated carbocycles. The van der Waals surface area contributed by atoms with Gasteiger partial charge in [-0.15, -0.1) is 0 Å². The Morgan fingerprint density at radius 2 is 1.67 bits per heavy atom. The van der Waals surface area contributed by atoms with Crippen molar-refractivity contribution in [3.05, 3.63) is 53.6 Å². The highest BCUT2D eigenvalue weighted by Gasteiger charge is 2.50. The highest BCUT2D eigenvalue weighted by Crippen LogP contribution is 2.50. The standard InChI is InChI=1S/C26H27NO6/c28-24(9-5-17-4-7-20-22(13-17)32-15-30-20)27-12-11-26(29)10-2-1-3-19(26)25(27)18-6-8-21-23(14-18)33-16-31-21/h4-9,13-14,19,25,29H,1-3,10-12,15-16H2. The number of aliphatic hydroxyl groups is 1. The van der Waals surface area contributed by atoms with E-state index in [1.54, 1.807) is 6.08 Å². The van der Waals surface area contributed by atoms with Gasteiger partial charge in [0.1, 0.15) is 0 Å². The fourth-order valence-corrected chi connectivity index (χ4v) is 5.72. The Hall–Kier alpha value is -3.19. The van der Waals surface area contributed by atoms with E-state index in [1.807, 2.05) is 47.4 Å². The molecule has 4 aliphatic rings. The molecule has 3 unspecified atom stereocenters. The molecule has 3 heterocycles. The summed E-state index contributed by atoms with van der Waals surface area (Å²) in [5.41, 5.74) is 1.12. The lowest BCUT2D eigenvalue weighted by Crippen LogP contribution is -2.56. The smallest absolute Gasteiger partial charge is 0.247 e. The summed E-state index contributed by atoms with van der Waals surface area (Å²) >= 11 is 0. The number of benzene rings is 2. The zero-order chi connectivity index (χ0) is 22.4. The lowest BCUT2D eigenvalue weighted by Gasteiger charge is -2.52. The molecule has 6 rings (SSSR count). The number of hydrogen-bond donors (Lipinski definition) is 1. The van der Waals surface area contributed by atoms with E-state index in [0.29, 0.717) is 36.0 Å². The molecule has 2 aromatic rings. The fourth-order valence-electron chi connectivity index (χ4n) is 5.72. The monoisotopic (exact) mass is 449 g/mol. The summed E-state index contributed by atoms with van der Waals surface area (Å²) in [7, 11) is 0. The van der Waals surface area contributed by atoms with Crippen LogP contribution < -0.4 is 18.9 Å². The third-order valence-corrected chi connectivity index (χ3v) is 7.40. The first kappa shape index (κ1) is 20.4. The second-order valence-corrected chi connectivity index (χ2v) is 9.24. The van der Waals surface area contributed by atoms with E-state index in [0.717, 1.165) is 36.8 Å². The van der Waals surface area contributed by atoms with Gasteiger partial charge in [-0.1, -0.05) is 25.0 Å². The number of piperidine rings is 1. The van der Waals surface area contributed by atoms with E-state index in [-0.39, 0.29) is 31.5 Å². The van der Waals surface area contributed by atoms with E-state index >= 15 is 0 Å². The number of likely N-dealkylation sites (tertiary alicyclic amines) is 1. The molecule has 7 heteroatoms. The number of carbonyl (C=O) groups excluding carboxylic acids is 1. The Kier molecular flexibility index (Phi) is 4.94. The molecule has 1 amide bonds. The van der Waals surface area contributed by atoms with Gasteiger partial charge in [-0.25, -0.2) is 0 Å². The lowest BCUT2D eigenvalue weighted by atomic mass is 9.66. The number of fused-ring (bicyclic) bond motifs is 3. The average Bonchev–Trinajstić information content (AvgIpc) is 3.49. The summed E-state index contributed by atoms with van der Waals surface area (Å²) in [6.45, 7) is 0.935. The van der Waals surface area contributed by atoms with Crippen LogP contribution in [0.1, 0.15) is 49.3 Å². The minimum atomic E-state index is -0.739. The van der Waals surface area contributed by atoms with Gasteiger partial charge in [-0.2, -0.15) is 0 Å². The van der Waals surface area contributed by atoms with Crippen molar-refractivity contribution in [2.24, 2.45) is 5.92 Å². The number of rotatable bonds is 3. The summed E-state index contributed by atoms with van der Waals surface area (Å²) in [5, 5.41) is 11.5. The maximum atomic E-state index is 13.4.